The third-order valence-electron chi connectivity index (χ3n) is 2.63. The number of halogens is 1. The van der Waals surface area contributed by atoms with Gasteiger partial charge in [-0.3, -0.25) is 4.79 Å². The predicted octanol–water partition coefficient (Wildman–Crippen LogP) is 3.89. The van der Waals surface area contributed by atoms with E-state index in [2.05, 4.69) is 19.6 Å². The predicted molar refractivity (Wildman–Crippen MR) is 75.2 cm³/mol. The lowest BCUT2D eigenvalue weighted by atomic mass is 10.2. The molecule has 0 heterocycles. The molecule has 4 heteroatoms. The fraction of sp³-hybridized carbons (Fsp3) is 0.462. The molecule has 1 aromatic rings. The lowest BCUT2D eigenvalue weighted by molar-refractivity contribution is 0.0762. The smallest absolute Gasteiger partial charge is 0.255 e. The van der Waals surface area contributed by atoms with Crippen molar-refractivity contribution in [3.8, 4) is 0 Å². The van der Waals surface area contributed by atoms with Crippen molar-refractivity contribution in [2.45, 2.75) is 31.6 Å². The summed E-state index contributed by atoms with van der Waals surface area (Å²) < 4.78 is 0. The summed E-state index contributed by atoms with van der Waals surface area (Å²) in [6.07, 6.45) is 2.09. The first-order valence-corrected chi connectivity index (χ1v) is 6.70. The first-order valence-electron chi connectivity index (χ1n) is 5.88. The summed E-state index contributed by atoms with van der Waals surface area (Å²) in [4.78, 5) is 14.8. The fourth-order valence-corrected chi connectivity index (χ4v) is 2.00. The maximum absolute atomic E-state index is 12.3. The molecule has 1 rings (SSSR count). The minimum atomic E-state index is -0.0122. The molecule has 0 unspecified atom stereocenters. The van der Waals surface area contributed by atoms with Gasteiger partial charge in [0.25, 0.3) is 5.91 Å². The van der Waals surface area contributed by atoms with Crippen LogP contribution in [0.4, 0.5) is 0 Å². The number of nitrogens with zero attached hydrogens (tertiary/aromatic N) is 1. The molecule has 0 radical (unpaired) electrons. The maximum atomic E-state index is 12.3. The minimum Gasteiger partial charge on any atom is -0.339 e. The SMILES string of the molecule is CCCCN(CC)C(=O)c1cc(S)ccc1Cl. The maximum Gasteiger partial charge on any atom is 0.255 e. The third-order valence-corrected chi connectivity index (χ3v) is 3.24. The molecule has 1 amide bonds. The van der Waals surface area contributed by atoms with Crippen molar-refractivity contribution in [3.05, 3.63) is 28.8 Å². The van der Waals surface area contributed by atoms with E-state index in [1.807, 2.05) is 11.8 Å². The Morgan fingerprint density at radius 2 is 2.12 bits per heavy atom. The van der Waals surface area contributed by atoms with Crippen LogP contribution in [0.15, 0.2) is 23.1 Å². The van der Waals surface area contributed by atoms with E-state index in [4.69, 9.17) is 11.6 Å². The van der Waals surface area contributed by atoms with E-state index < -0.39 is 0 Å². The number of hydrogen-bond acceptors (Lipinski definition) is 2. The van der Waals surface area contributed by atoms with Crippen LogP contribution in [-0.4, -0.2) is 23.9 Å². The van der Waals surface area contributed by atoms with E-state index >= 15 is 0 Å². The van der Waals surface area contributed by atoms with Crippen LogP contribution in [0.5, 0.6) is 0 Å². The number of thiol groups is 1. The third kappa shape index (κ3) is 3.93. The highest BCUT2D eigenvalue weighted by molar-refractivity contribution is 7.80. The second-order valence-electron chi connectivity index (χ2n) is 3.90. The lowest BCUT2D eigenvalue weighted by Crippen LogP contribution is -2.31. The van der Waals surface area contributed by atoms with E-state index in [0.29, 0.717) is 17.1 Å². The van der Waals surface area contributed by atoms with Gasteiger partial charge in [-0.15, -0.1) is 12.6 Å². The van der Waals surface area contributed by atoms with Gasteiger partial charge >= 0.3 is 0 Å². The van der Waals surface area contributed by atoms with Gasteiger partial charge in [-0.1, -0.05) is 24.9 Å². The molecule has 0 aliphatic heterocycles. The Balaban J connectivity index is 2.89. The van der Waals surface area contributed by atoms with Gasteiger partial charge in [0.15, 0.2) is 0 Å². The summed E-state index contributed by atoms with van der Waals surface area (Å²) in [7, 11) is 0. The summed E-state index contributed by atoms with van der Waals surface area (Å²) in [5.41, 5.74) is 0.539. The van der Waals surface area contributed by atoms with Gasteiger partial charge in [0, 0.05) is 18.0 Å². The van der Waals surface area contributed by atoms with Gasteiger partial charge in [-0.2, -0.15) is 0 Å². The lowest BCUT2D eigenvalue weighted by Gasteiger charge is -2.21. The molecule has 0 spiro atoms. The molecule has 0 bridgehead atoms. The van der Waals surface area contributed by atoms with Crippen LogP contribution in [0.1, 0.15) is 37.0 Å². The first kappa shape index (κ1) is 14.4. The van der Waals surface area contributed by atoms with Gasteiger partial charge in [0.05, 0.1) is 10.6 Å². The van der Waals surface area contributed by atoms with Crippen LogP contribution in [0.25, 0.3) is 0 Å². The largest absolute Gasteiger partial charge is 0.339 e. The number of rotatable bonds is 5. The highest BCUT2D eigenvalue weighted by atomic mass is 35.5. The Morgan fingerprint density at radius 1 is 1.41 bits per heavy atom. The summed E-state index contributed by atoms with van der Waals surface area (Å²) in [5, 5.41) is 0.489. The van der Waals surface area contributed by atoms with Gasteiger partial charge in [-0.05, 0) is 31.5 Å². The molecule has 94 valence electrons. The number of carbonyl (C=O) groups is 1. The van der Waals surface area contributed by atoms with Crippen LogP contribution >= 0.6 is 24.2 Å². The summed E-state index contributed by atoms with van der Waals surface area (Å²) in [6.45, 7) is 5.57. The highest BCUT2D eigenvalue weighted by Gasteiger charge is 2.16. The van der Waals surface area contributed by atoms with Crippen molar-refractivity contribution < 1.29 is 4.79 Å². The van der Waals surface area contributed by atoms with Crippen LogP contribution in [0, 0.1) is 0 Å². The molecular weight excluding hydrogens is 254 g/mol. The highest BCUT2D eigenvalue weighted by Crippen LogP contribution is 2.21. The van der Waals surface area contributed by atoms with E-state index in [-0.39, 0.29) is 5.91 Å². The zero-order valence-corrected chi connectivity index (χ0v) is 11.9. The van der Waals surface area contributed by atoms with Crippen molar-refractivity contribution in [3.63, 3.8) is 0 Å². The molecule has 0 saturated heterocycles. The zero-order valence-electron chi connectivity index (χ0n) is 10.2. The van der Waals surface area contributed by atoms with Crippen LogP contribution in [0.2, 0.25) is 5.02 Å². The van der Waals surface area contributed by atoms with Crippen molar-refractivity contribution in [1.82, 2.24) is 4.90 Å². The molecule has 0 aliphatic carbocycles. The van der Waals surface area contributed by atoms with Gasteiger partial charge in [0.2, 0.25) is 0 Å². The van der Waals surface area contributed by atoms with E-state index in [0.717, 1.165) is 24.3 Å². The first-order chi connectivity index (χ1) is 8.10. The average molecular weight is 272 g/mol. The van der Waals surface area contributed by atoms with Crippen LogP contribution in [0.3, 0.4) is 0 Å². The summed E-state index contributed by atoms with van der Waals surface area (Å²) in [5.74, 6) is -0.0122. The standard InChI is InChI=1S/C13H18ClNOS/c1-3-5-8-15(4-2)13(16)11-9-10(17)6-7-12(11)14/h6-7,9,17H,3-5,8H2,1-2H3. The Kier molecular flexibility index (Phi) is 5.86. The summed E-state index contributed by atoms with van der Waals surface area (Å²) >= 11 is 10.3. The molecule has 0 saturated carbocycles. The Hall–Kier alpha value is -0.670. The van der Waals surface area contributed by atoms with Crippen molar-refractivity contribution in [2.24, 2.45) is 0 Å². The number of amides is 1. The Bertz CT molecular complexity index is 395. The molecule has 0 fully saturated rings. The molecule has 0 aromatic heterocycles. The number of carbonyl (C=O) groups excluding carboxylic acids is 1. The molecular formula is C13H18ClNOS. The van der Waals surface area contributed by atoms with E-state index in [1.54, 1.807) is 18.2 Å². The Morgan fingerprint density at radius 3 is 2.71 bits per heavy atom. The molecule has 2 nitrogen and oxygen atoms in total. The van der Waals surface area contributed by atoms with Crippen LogP contribution in [-0.2, 0) is 0 Å². The quantitative estimate of drug-likeness (QED) is 0.806. The molecule has 0 N–H and O–H groups in total. The Labute approximate surface area is 113 Å². The molecule has 1 aromatic carbocycles. The van der Waals surface area contributed by atoms with Crippen molar-refractivity contribution in [1.29, 1.82) is 0 Å². The van der Waals surface area contributed by atoms with Gasteiger partial charge in [0.1, 0.15) is 0 Å². The van der Waals surface area contributed by atoms with E-state index in [1.165, 1.54) is 0 Å². The number of hydrogen-bond donors (Lipinski definition) is 1. The summed E-state index contributed by atoms with van der Waals surface area (Å²) in [6, 6.07) is 5.22. The molecule has 17 heavy (non-hydrogen) atoms. The monoisotopic (exact) mass is 271 g/mol. The minimum absolute atomic E-state index is 0.0122. The fourth-order valence-electron chi connectivity index (χ4n) is 1.60. The average Bonchev–Trinajstić information content (AvgIpc) is 2.33. The van der Waals surface area contributed by atoms with Gasteiger partial charge in [-0.25, -0.2) is 0 Å². The number of benzene rings is 1. The topological polar surface area (TPSA) is 20.3 Å². The zero-order chi connectivity index (χ0) is 12.8. The van der Waals surface area contributed by atoms with Gasteiger partial charge < -0.3 is 4.90 Å². The van der Waals surface area contributed by atoms with Crippen molar-refractivity contribution in [2.75, 3.05) is 13.1 Å². The number of unbranched alkanes of at least 4 members (excludes halogenated alkanes) is 1. The molecule has 0 atom stereocenters. The molecule has 0 aliphatic rings. The second-order valence-corrected chi connectivity index (χ2v) is 4.83. The second kappa shape index (κ2) is 6.92. The van der Waals surface area contributed by atoms with Crippen molar-refractivity contribution >= 4 is 30.1 Å². The van der Waals surface area contributed by atoms with Crippen LogP contribution < -0.4 is 0 Å². The van der Waals surface area contributed by atoms with E-state index in [9.17, 15) is 4.79 Å². The normalized spacial score (nSPS) is 10.4.